The van der Waals surface area contributed by atoms with Crippen molar-refractivity contribution >= 4 is 28.7 Å². The van der Waals surface area contributed by atoms with Gasteiger partial charge in [-0.2, -0.15) is 13.8 Å². The molecule has 148 valence electrons. The molecule has 0 aliphatic heterocycles. The molecule has 0 aliphatic carbocycles. The zero-order valence-electron chi connectivity index (χ0n) is 14.8. The molecule has 0 radical (unpaired) electrons. The molecule has 0 bridgehead atoms. The van der Waals surface area contributed by atoms with Gasteiger partial charge >= 0.3 is 0 Å². The van der Waals surface area contributed by atoms with Gasteiger partial charge in [-0.15, -0.1) is 0 Å². The molecule has 3 aromatic heterocycles. The summed E-state index contributed by atoms with van der Waals surface area (Å²) in [5.74, 6) is -2.43. The minimum Gasteiger partial charge on any atom is -0.345 e. The Balaban J connectivity index is 1.45. The quantitative estimate of drug-likeness (QED) is 0.462. The lowest BCUT2D eigenvalue weighted by atomic mass is 10.2. The molecule has 8 nitrogen and oxygen atoms in total. The molecule has 11 heteroatoms. The largest absolute Gasteiger partial charge is 0.345 e. The maximum absolute atomic E-state index is 12.9. The number of hydrogen-bond acceptors (Lipinski definition) is 7. The summed E-state index contributed by atoms with van der Waals surface area (Å²) in [4.78, 5) is 24.7. The minimum absolute atomic E-state index is 0.0148. The summed E-state index contributed by atoms with van der Waals surface area (Å²) in [6, 6.07) is 10.4. The molecule has 4 rings (SSSR count). The number of para-hydroxylation sites is 2. The van der Waals surface area contributed by atoms with Crippen molar-refractivity contribution in [2.75, 3.05) is 0 Å². The van der Waals surface area contributed by atoms with Crippen LogP contribution in [0.5, 0.6) is 0 Å². The first-order chi connectivity index (χ1) is 14.1. The highest BCUT2D eigenvalue weighted by Crippen LogP contribution is 2.28. The number of thioether (sulfide) groups is 1. The van der Waals surface area contributed by atoms with Crippen LogP contribution in [0.2, 0.25) is 0 Å². The van der Waals surface area contributed by atoms with E-state index >= 15 is 0 Å². The van der Waals surface area contributed by atoms with Gasteiger partial charge in [-0.1, -0.05) is 17.3 Å². The molecule has 1 N–H and O–H groups in total. The third-order valence-electron chi connectivity index (χ3n) is 3.96. The molecular formula is C18H14F2N6O2S. The summed E-state index contributed by atoms with van der Waals surface area (Å²) in [5.41, 5.74) is 1.88. The average Bonchev–Trinajstić information content (AvgIpc) is 3.32. The summed E-state index contributed by atoms with van der Waals surface area (Å²) in [6.07, 6.45) is 3.22. The van der Waals surface area contributed by atoms with Gasteiger partial charge in [0.1, 0.15) is 6.54 Å². The van der Waals surface area contributed by atoms with E-state index < -0.39 is 11.7 Å². The van der Waals surface area contributed by atoms with Crippen LogP contribution in [0, 0.1) is 0 Å². The lowest BCUT2D eigenvalue weighted by Crippen LogP contribution is -2.27. The first kappa shape index (κ1) is 19.0. The van der Waals surface area contributed by atoms with E-state index in [1.54, 1.807) is 48.8 Å². The molecule has 0 saturated carbocycles. The number of alkyl halides is 2. The van der Waals surface area contributed by atoms with Crippen LogP contribution in [0.1, 0.15) is 5.89 Å². The summed E-state index contributed by atoms with van der Waals surface area (Å²) in [5, 5.41) is 6.59. The van der Waals surface area contributed by atoms with Gasteiger partial charge < -0.3 is 14.4 Å². The zero-order chi connectivity index (χ0) is 20.2. The highest BCUT2D eigenvalue weighted by molar-refractivity contribution is 7.99. The van der Waals surface area contributed by atoms with E-state index in [4.69, 9.17) is 4.52 Å². The fourth-order valence-corrected chi connectivity index (χ4v) is 3.30. The molecule has 0 aliphatic rings. The Morgan fingerprint density at radius 3 is 2.76 bits per heavy atom. The number of fused-ring (bicyclic) bond motifs is 1. The van der Waals surface area contributed by atoms with Gasteiger partial charge in [0.05, 0.1) is 17.6 Å². The van der Waals surface area contributed by atoms with E-state index in [9.17, 15) is 13.6 Å². The number of carbonyl (C=O) groups excluding carboxylic acids is 1. The number of hydrogen-bond donors (Lipinski definition) is 1. The molecule has 0 fully saturated rings. The summed E-state index contributed by atoms with van der Waals surface area (Å²) >= 11 is 0.301. The van der Waals surface area contributed by atoms with Gasteiger partial charge in [0.2, 0.25) is 17.6 Å². The second kappa shape index (κ2) is 8.35. The predicted molar refractivity (Wildman–Crippen MR) is 101 cm³/mol. The van der Waals surface area contributed by atoms with E-state index in [-0.39, 0.29) is 24.1 Å². The molecule has 0 atom stereocenters. The lowest BCUT2D eigenvalue weighted by Gasteiger charge is -2.08. The second-order valence-corrected chi connectivity index (χ2v) is 6.83. The number of pyridine rings is 1. The van der Waals surface area contributed by atoms with E-state index in [1.165, 1.54) is 4.57 Å². The van der Waals surface area contributed by atoms with Crippen molar-refractivity contribution < 1.29 is 18.1 Å². The highest BCUT2D eigenvalue weighted by Gasteiger charge is 2.18. The maximum atomic E-state index is 12.9. The lowest BCUT2D eigenvalue weighted by molar-refractivity contribution is -0.122. The first-order valence-electron chi connectivity index (χ1n) is 8.50. The molecule has 4 aromatic rings. The Morgan fingerprint density at radius 1 is 1.17 bits per heavy atom. The van der Waals surface area contributed by atoms with Crippen molar-refractivity contribution in [3.05, 3.63) is 54.7 Å². The standard InChI is InChI=1S/C18H14F2N6O2S/c19-17(20)29-18-23-12-3-1-2-4-13(12)26(18)10-14(27)22-9-15-24-16(25-28-15)11-5-7-21-8-6-11/h1-8,17H,9-10H2,(H,22,27). The van der Waals surface area contributed by atoms with Crippen LogP contribution in [0.4, 0.5) is 8.78 Å². The average molecular weight is 416 g/mol. The third kappa shape index (κ3) is 4.40. The van der Waals surface area contributed by atoms with Crippen LogP contribution in [-0.4, -0.2) is 36.3 Å². The normalized spacial score (nSPS) is 11.3. The molecule has 1 amide bonds. The summed E-state index contributed by atoms with van der Waals surface area (Å²) in [6.45, 7) is -0.151. The van der Waals surface area contributed by atoms with Gasteiger partial charge in [-0.3, -0.25) is 9.78 Å². The Bertz CT molecular complexity index is 1130. The number of rotatable bonds is 7. The van der Waals surface area contributed by atoms with Crippen molar-refractivity contribution in [2.24, 2.45) is 0 Å². The van der Waals surface area contributed by atoms with Gasteiger partial charge in [0, 0.05) is 18.0 Å². The SMILES string of the molecule is O=C(Cn1c(SC(F)F)nc2ccccc21)NCc1nc(-c2ccncc2)no1. The van der Waals surface area contributed by atoms with E-state index in [1.807, 2.05) is 0 Å². The number of amides is 1. The van der Waals surface area contributed by atoms with E-state index in [0.29, 0.717) is 28.6 Å². The molecule has 29 heavy (non-hydrogen) atoms. The molecule has 0 unspecified atom stereocenters. The topological polar surface area (TPSA) is 98.7 Å². The van der Waals surface area contributed by atoms with Crippen molar-refractivity contribution in [2.45, 2.75) is 24.0 Å². The number of nitrogens with one attached hydrogen (secondary N) is 1. The van der Waals surface area contributed by atoms with Crippen LogP contribution in [-0.2, 0) is 17.9 Å². The number of imidazole rings is 1. The fraction of sp³-hybridized carbons (Fsp3) is 0.167. The number of nitrogens with zero attached hydrogens (tertiary/aromatic N) is 5. The number of halogens is 2. The van der Waals surface area contributed by atoms with Crippen LogP contribution < -0.4 is 5.32 Å². The minimum atomic E-state index is -2.64. The fourth-order valence-electron chi connectivity index (χ4n) is 2.69. The Kier molecular flexibility index (Phi) is 5.47. The monoisotopic (exact) mass is 416 g/mol. The molecule has 1 aromatic carbocycles. The van der Waals surface area contributed by atoms with Crippen molar-refractivity contribution in [3.63, 3.8) is 0 Å². The Labute approximate surface area is 167 Å². The Hall–Kier alpha value is -3.34. The van der Waals surface area contributed by atoms with Crippen LogP contribution in [0.15, 0.2) is 58.5 Å². The van der Waals surface area contributed by atoms with E-state index in [0.717, 1.165) is 5.56 Å². The summed E-state index contributed by atoms with van der Waals surface area (Å²) in [7, 11) is 0. The van der Waals surface area contributed by atoms with E-state index in [2.05, 4.69) is 25.4 Å². The molecule has 3 heterocycles. The van der Waals surface area contributed by atoms with Gasteiger partial charge in [0.15, 0.2) is 5.16 Å². The number of carbonyl (C=O) groups is 1. The second-order valence-electron chi connectivity index (χ2n) is 5.87. The summed E-state index contributed by atoms with van der Waals surface area (Å²) < 4.78 is 32.3. The number of aromatic nitrogens is 5. The predicted octanol–water partition coefficient (Wildman–Crippen LogP) is 3.11. The van der Waals surface area contributed by atoms with Gasteiger partial charge in [-0.25, -0.2) is 4.98 Å². The van der Waals surface area contributed by atoms with Crippen molar-refractivity contribution in [3.8, 4) is 11.4 Å². The highest BCUT2D eigenvalue weighted by atomic mass is 32.2. The van der Waals surface area contributed by atoms with Gasteiger partial charge in [-0.05, 0) is 36.0 Å². The maximum Gasteiger partial charge on any atom is 0.291 e. The van der Waals surface area contributed by atoms with Crippen LogP contribution in [0.3, 0.4) is 0 Å². The van der Waals surface area contributed by atoms with Crippen LogP contribution in [0.25, 0.3) is 22.4 Å². The van der Waals surface area contributed by atoms with Crippen molar-refractivity contribution in [1.82, 2.24) is 30.0 Å². The van der Waals surface area contributed by atoms with Crippen molar-refractivity contribution in [1.29, 1.82) is 0 Å². The molecular weight excluding hydrogens is 402 g/mol. The Morgan fingerprint density at radius 2 is 1.97 bits per heavy atom. The zero-order valence-corrected chi connectivity index (χ0v) is 15.6. The first-order valence-corrected chi connectivity index (χ1v) is 9.38. The van der Waals surface area contributed by atoms with Crippen LogP contribution >= 0.6 is 11.8 Å². The molecule has 0 spiro atoms. The molecule has 0 saturated heterocycles. The van der Waals surface area contributed by atoms with Gasteiger partial charge in [0.25, 0.3) is 5.76 Å². The smallest absolute Gasteiger partial charge is 0.291 e. The number of benzene rings is 1. The third-order valence-corrected chi connectivity index (χ3v) is 4.66.